The summed E-state index contributed by atoms with van der Waals surface area (Å²) in [5.41, 5.74) is 2.54. The Balaban J connectivity index is 1.75. The van der Waals surface area contributed by atoms with Gasteiger partial charge in [-0.05, 0) is 30.2 Å². The van der Waals surface area contributed by atoms with Crippen LogP contribution >= 0.6 is 0 Å². The molecule has 0 radical (unpaired) electrons. The molecule has 0 spiro atoms. The van der Waals surface area contributed by atoms with Crippen LogP contribution in [0.2, 0.25) is 0 Å². The van der Waals surface area contributed by atoms with Crippen LogP contribution in [0, 0.1) is 11.3 Å². The molecule has 2 N–H and O–H groups in total. The number of hydrogen-bond donors (Lipinski definition) is 2. The molecule has 138 valence electrons. The lowest BCUT2D eigenvalue weighted by Crippen LogP contribution is -2.25. The van der Waals surface area contributed by atoms with Crippen molar-refractivity contribution in [1.82, 2.24) is 10.0 Å². The van der Waals surface area contributed by atoms with Crippen molar-refractivity contribution in [1.29, 1.82) is 5.26 Å². The fourth-order valence-electron chi connectivity index (χ4n) is 2.46. The van der Waals surface area contributed by atoms with Gasteiger partial charge < -0.3 is 10.1 Å². The summed E-state index contributed by atoms with van der Waals surface area (Å²) in [5, 5.41) is 12.3. The topological polar surface area (TPSA) is 91.2 Å². The zero-order valence-corrected chi connectivity index (χ0v) is 15.7. The van der Waals surface area contributed by atoms with Gasteiger partial charge in [-0.3, -0.25) is 0 Å². The maximum absolute atomic E-state index is 11.3. The lowest BCUT2D eigenvalue weighted by Gasteiger charge is -2.13. The van der Waals surface area contributed by atoms with Gasteiger partial charge in [0.2, 0.25) is 10.0 Å². The highest BCUT2D eigenvalue weighted by Gasteiger charge is 2.10. The Morgan fingerprint density at radius 2 is 1.85 bits per heavy atom. The van der Waals surface area contributed by atoms with Gasteiger partial charge in [-0.1, -0.05) is 36.4 Å². The van der Waals surface area contributed by atoms with Crippen molar-refractivity contribution in [3.8, 4) is 11.8 Å². The van der Waals surface area contributed by atoms with Gasteiger partial charge in [0.15, 0.2) is 0 Å². The summed E-state index contributed by atoms with van der Waals surface area (Å²) in [6.45, 7) is 3.60. The Kier molecular flexibility index (Phi) is 7.16. The second-order valence-electron chi connectivity index (χ2n) is 5.99. The highest BCUT2D eigenvalue weighted by atomic mass is 32.2. The summed E-state index contributed by atoms with van der Waals surface area (Å²) < 4.78 is 30.7. The third-order valence-corrected chi connectivity index (χ3v) is 4.53. The van der Waals surface area contributed by atoms with Gasteiger partial charge in [-0.2, -0.15) is 5.26 Å². The molecule has 1 unspecified atom stereocenters. The molecule has 0 aromatic heterocycles. The van der Waals surface area contributed by atoms with Crippen molar-refractivity contribution >= 4 is 10.0 Å². The normalized spacial score (nSPS) is 12.3. The molecule has 26 heavy (non-hydrogen) atoms. The molecule has 1 atom stereocenters. The number of nitrogens with one attached hydrogen (secondary N) is 2. The number of ether oxygens (including phenoxy) is 1. The highest BCUT2D eigenvalue weighted by Crippen LogP contribution is 2.16. The molecule has 2 aromatic rings. The van der Waals surface area contributed by atoms with E-state index in [1.165, 1.54) is 0 Å². The third-order valence-electron chi connectivity index (χ3n) is 3.74. The Labute approximate surface area is 154 Å². The monoisotopic (exact) mass is 373 g/mol. The van der Waals surface area contributed by atoms with Crippen LogP contribution in [0.1, 0.15) is 29.7 Å². The number of hydrogen-bond acceptors (Lipinski definition) is 5. The van der Waals surface area contributed by atoms with E-state index in [0.29, 0.717) is 31.0 Å². The molecule has 0 aliphatic heterocycles. The van der Waals surface area contributed by atoms with E-state index >= 15 is 0 Å². The van der Waals surface area contributed by atoms with Crippen LogP contribution in [0.15, 0.2) is 48.5 Å². The van der Waals surface area contributed by atoms with E-state index in [0.717, 1.165) is 17.4 Å². The van der Waals surface area contributed by atoms with Crippen molar-refractivity contribution in [3.05, 3.63) is 65.2 Å². The Bertz CT molecular complexity index is 858. The average Bonchev–Trinajstić information content (AvgIpc) is 2.61. The first-order valence-electron chi connectivity index (χ1n) is 8.28. The lowest BCUT2D eigenvalue weighted by atomic mass is 10.1. The van der Waals surface area contributed by atoms with Gasteiger partial charge in [0, 0.05) is 19.1 Å². The van der Waals surface area contributed by atoms with Crippen LogP contribution in [-0.4, -0.2) is 27.8 Å². The average molecular weight is 373 g/mol. The van der Waals surface area contributed by atoms with Crippen LogP contribution in [0.3, 0.4) is 0 Å². The van der Waals surface area contributed by atoms with Gasteiger partial charge in [-0.25, -0.2) is 13.1 Å². The molecule has 0 aliphatic carbocycles. The number of nitriles is 1. The van der Waals surface area contributed by atoms with Crippen molar-refractivity contribution in [2.45, 2.75) is 19.5 Å². The number of sulfonamides is 1. The molecule has 2 aromatic carbocycles. The molecular formula is C19H23N3O3S. The van der Waals surface area contributed by atoms with E-state index in [2.05, 4.69) is 16.1 Å². The summed E-state index contributed by atoms with van der Waals surface area (Å²) in [5.74, 6) is 0.591. The van der Waals surface area contributed by atoms with Crippen LogP contribution in [0.4, 0.5) is 0 Å². The van der Waals surface area contributed by atoms with Gasteiger partial charge >= 0.3 is 0 Å². The van der Waals surface area contributed by atoms with E-state index in [1.807, 2.05) is 37.3 Å². The Morgan fingerprint density at radius 1 is 1.15 bits per heavy atom. The minimum Gasteiger partial charge on any atom is -0.491 e. The van der Waals surface area contributed by atoms with E-state index < -0.39 is 10.0 Å². The third kappa shape index (κ3) is 6.48. The first-order chi connectivity index (χ1) is 12.4. The fourth-order valence-corrected chi connectivity index (χ4v) is 3.24. The number of benzene rings is 2. The second-order valence-corrected chi connectivity index (χ2v) is 7.77. The SMILES string of the molecule is CC(NS(C)(=O)=O)c1ccc(CNCCOc2ccccc2C#N)cc1. The van der Waals surface area contributed by atoms with Crippen molar-refractivity contribution in [3.63, 3.8) is 0 Å². The molecule has 0 heterocycles. The minimum absolute atomic E-state index is 0.263. The van der Waals surface area contributed by atoms with Gasteiger partial charge in [0.25, 0.3) is 0 Å². The standard InChI is InChI=1S/C19H23N3O3S/c1-15(22-26(2,23)24)17-9-7-16(8-10-17)14-21-11-12-25-19-6-4-3-5-18(19)13-20/h3-10,15,21-22H,11-12,14H2,1-2H3. The van der Waals surface area contributed by atoms with Crippen molar-refractivity contribution in [2.75, 3.05) is 19.4 Å². The molecule has 0 aliphatic rings. The van der Waals surface area contributed by atoms with Crippen LogP contribution in [0.25, 0.3) is 0 Å². The first-order valence-corrected chi connectivity index (χ1v) is 10.2. The molecule has 0 bridgehead atoms. The largest absolute Gasteiger partial charge is 0.491 e. The molecule has 0 saturated carbocycles. The molecule has 0 fully saturated rings. The molecular weight excluding hydrogens is 350 g/mol. The maximum atomic E-state index is 11.3. The van der Waals surface area contributed by atoms with Gasteiger partial charge in [0.1, 0.15) is 18.4 Å². The number of rotatable bonds is 9. The van der Waals surface area contributed by atoms with Gasteiger partial charge in [-0.15, -0.1) is 0 Å². The molecule has 7 heteroatoms. The van der Waals surface area contributed by atoms with E-state index in [9.17, 15) is 8.42 Å². The van der Waals surface area contributed by atoms with Crippen LogP contribution in [0.5, 0.6) is 5.75 Å². The summed E-state index contributed by atoms with van der Waals surface area (Å²) in [7, 11) is -3.23. The van der Waals surface area contributed by atoms with Crippen molar-refractivity contribution in [2.24, 2.45) is 0 Å². The van der Waals surface area contributed by atoms with E-state index in [1.54, 1.807) is 18.2 Å². The molecule has 2 rings (SSSR count). The predicted octanol–water partition coefficient (Wildman–Crippen LogP) is 2.34. The predicted molar refractivity (Wildman–Crippen MR) is 101 cm³/mol. The minimum atomic E-state index is -3.23. The lowest BCUT2D eigenvalue weighted by molar-refractivity contribution is 0.313. The van der Waals surface area contributed by atoms with Crippen molar-refractivity contribution < 1.29 is 13.2 Å². The zero-order chi connectivity index (χ0) is 19.0. The summed E-state index contributed by atoms with van der Waals surface area (Å²) in [4.78, 5) is 0. The maximum Gasteiger partial charge on any atom is 0.209 e. The van der Waals surface area contributed by atoms with E-state index in [4.69, 9.17) is 10.00 Å². The summed E-state index contributed by atoms with van der Waals surface area (Å²) in [6, 6.07) is 16.8. The molecule has 0 saturated heterocycles. The van der Waals surface area contributed by atoms with Crippen LogP contribution < -0.4 is 14.8 Å². The second kappa shape index (κ2) is 9.34. The Morgan fingerprint density at radius 3 is 2.50 bits per heavy atom. The van der Waals surface area contributed by atoms with Crippen LogP contribution in [-0.2, 0) is 16.6 Å². The highest BCUT2D eigenvalue weighted by molar-refractivity contribution is 7.88. The summed E-state index contributed by atoms with van der Waals surface area (Å²) in [6.07, 6.45) is 1.15. The number of nitrogens with zero attached hydrogens (tertiary/aromatic N) is 1. The smallest absolute Gasteiger partial charge is 0.209 e. The van der Waals surface area contributed by atoms with E-state index in [-0.39, 0.29) is 6.04 Å². The summed E-state index contributed by atoms with van der Waals surface area (Å²) >= 11 is 0. The fraction of sp³-hybridized carbons (Fsp3) is 0.316. The first kappa shape index (κ1) is 19.9. The molecule has 6 nitrogen and oxygen atoms in total. The van der Waals surface area contributed by atoms with Gasteiger partial charge in [0.05, 0.1) is 11.8 Å². The Hall–Kier alpha value is -2.40. The number of para-hydroxylation sites is 1. The quantitative estimate of drug-likeness (QED) is 0.658. The zero-order valence-electron chi connectivity index (χ0n) is 14.9. The molecule has 0 amide bonds.